The number of benzene rings is 3. The lowest BCUT2D eigenvalue weighted by molar-refractivity contribution is -0.136. The number of hydrogen-bond donors (Lipinski definition) is 3. The zero-order valence-corrected chi connectivity index (χ0v) is 18.4. The summed E-state index contributed by atoms with van der Waals surface area (Å²) in [5.74, 6) is -2.55. The van der Waals surface area contributed by atoms with Crippen molar-refractivity contribution in [1.29, 1.82) is 0 Å². The molecule has 0 heterocycles. The van der Waals surface area contributed by atoms with Crippen molar-refractivity contribution >= 4 is 35.3 Å². The van der Waals surface area contributed by atoms with E-state index in [0.717, 1.165) is 23.7 Å². The van der Waals surface area contributed by atoms with Gasteiger partial charge in [-0.15, -0.1) is 0 Å². The average molecular weight is 462 g/mol. The standard InChI is InChI=1S/C25H23FN4O4/c1-2-18-7-3-5-9-21(18)28-23(31)16-34-19-13-11-17(12-14-19)15-27-30-25(33)24(32)29-22-10-6-4-8-20(22)26/h3-15H,2,16H2,1H3,(H,28,31)(H,29,32)(H,30,33)/b27-15-. The topological polar surface area (TPSA) is 109 Å². The van der Waals surface area contributed by atoms with Crippen molar-refractivity contribution in [3.05, 3.63) is 89.7 Å². The Morgan fingerprint density at radius 3 is 2.26 bits per heavy atom. The lowest BCUT2D eigenvalue weighted by Crippen LogP contribution is -2.32. The molecule has 0 bridgehead atoms. The van der Waals surface area contributed by atoms with Gasteiger partial charge in [0, 0.05) is 5.69 Å². The number of anilines is 2. The SMILES string of the molecule is CCc1ccccc1NC(=O)COc1ccc(/C=N\NC(=O)C(=O)Nc2ccccc2F)cc1. The Labute approximate surface area is 195 Å². The van der Waals surface area contributed by atoms with E-state index in [1.165, 1.54) is 24.4 Å². The third kappa shape index (κ3) is 6.99. The van der Waals surface area contributed by atoms with Crippen molar-refractivity contribution in [3.8, 4) is 5.75 Å². The largest absolute Gasteiger partial charge is 0.484 e. The second-order valence-electron chi connectivity index (χ2n) is 7.05. The first-order valence-corrected chi connectivity index (χ1v) is 10.5. The van der Waals surface area contributed by atoms with Crippen molar-refractivity contribution in [2.45, 2.75) is 13.3 Å². The number of aryl methyl sites for hydroxylation is 1. The fourth-order valence-electron chi connectivity index (χ4n) is 2.89. The molecule has 0 unspecified atom stereocenters. The van der Waals surface area contributed by atoms with Gasteiger partial charge in [0.1, 0.15) is 11.6 Å². The Hall–Kier alpha value is -4.53. The van der Waals surface area contributed by atoms with Crippen molar-refractivity contribution in [3.63, 3.8) is 0 Å². The summed E-state index contributed by atoms with van der Waals surface area (Å²) in [5.41, 5.74) is 4.38. The molecule has 0 atom stereocenters. The molecule has 0 aliphatic carbocycles. The number of carbonyl (C=O) groups is 3. The van der Waals surface area contributed by atoms with Gasteiger partial charge in [-0.1, -0.05) is 37.3 Å². The summed E-state index contributed by atoms with van der Waals surface area (Å²) in [6.45, 7) is 1.86. The van der Waals surface area contributed by atoms with Crippen molar-refractivity contribution < 1.29 is 23.5 Å². The number of rotatable bonds is 8. The van der Waals surface area contributed by atoms with Gasteiger partial charge in [0.2, 0.25) is 0 Å². The van der Waals surface area contributed by atoms with E-state index in [2.05, 4.69) is 21.2 Å². The van der Waals surface area contributed by atoms with Crippen LogP contribution in [-0.2, 0) is 20.8 Å². The number of halogens is 1. The molecule has 0 radical (unpaired) electrons. The quantitative estimate of drug-likeness (QED) is 0.270. The van der Waals surface area contributed by atoms with Gasteiger partial charge in [-0.2, -0.15) is 5.10 Å². The number of para-hydroxylation sites is 2. The Morgan fingerprint density at radius 1 is 0.882 bits per heavy atom. The lowest BCUT2D eigenvalue weighted by atomic mass is 10.1. The third-order valence-corrected chi connectivity index (χ3v) is 4.63. The van der Waals surface area contributed by atoms with Crippen molar-refractivity contribution in [2.75, 3.05) is 17.2 Å². The lowest BCUT2D eigenvalue weighted by Gasteiger charge is -2.10. The van der Waals surface area contributed by atoms with Gasteiger partial charge in [0.25, 0.3) is 5.91 Å². The second-order valence-corrected chi connectivity index (χ2v) is 7.05. The number of amides is 3. The number of nitrogens with zero attached hydrogens (tertiary/aromatic N) is 1. The predicted molar refractivity (Wildman–Crippen MR) is 127 cm³/mol. The molecule has 8 nitrogen and oxygen atoms in total. The maximum atomic E-state index is 13.5. The van der Waals surface area contributed by atoms with Crippen LogP contribution in [0.4, 0.5) is 15.8 Å². The smallest absolute Gasteiger partial charge is 0.329 e. The van der Waals surface area contributed by atoms with E-state index in [-0.39, 0.29) is 18.2 Å². The van der Waals surface area contributed by atoms with Crippen LogP contribution in [0.5, 0.6) is 5.75 Å². The minimum Gasteiger partial charge on any atom is -0.484 e. The molecule has 3 amide bonds. The van der Waals surface area contributed by atoms with Crippen molar-refractivity contribution in [2.24, 2.45) is 5.10 Å². The predicted octanol–water partition coefficient (Wildman–Crippen LogP) is 3.49. The minimum atomic E-state index is -1.05. The highest BCUT2D eigenvalue weighted by Gasteiger charge is 2.14. The summed E-state index contributed by atoms with van der Waals surface area (Å²) >= 11 is 0. The first-order chi connectivity index (χ1) is 16.5. The zero-order valence-electron chi connectivity index (χ0n) is 18.4. The van der Waals surface area contributed by atoms with E-state index >= 15 is 0 Å². The molecule has 0 aliphatic rings. The summed E-state index contributed by atoms with van der Waals surface area (Å²) in [5, 5.41) is 8.70. The number of ether oxygens (including phenoxy) is 1. The second kappa shape index (κ2) is 11.9. The van der Waals surface area contributed by atoms with Crippen LogP contribution in [-0.4, -0.2) is 30.5 Å². The molecular weight excluding hydrogens is 439 g/mol. The number of carbonyl (C=O) groups excluding carboxylic acids is 3. The summed E-state index contributed by atoms with van der Waals surface area (Å²) in [7, 11) is 0. The molecule has 0 aromatic heterocycles. The zero-order chi connectivity index (χ0) is 24.3. The van der Waals surface area contributed by atoms with Crippen LogP contribution in [0.25, 0.3) is 0 Å². The maximum absolute atomic E-state index is 13.5. The van der Waals surface area contributed by atoms with Crippen molar-refractivity contribution in [1.82, 2.24) is 5.43 Å². The van der Waals surface area contributed by atoms with Crippen LogP contribution in [0.2, 0.25) is 0 Å². The first kappa shape index (κ1) is 24.1. The van der Waals surface area contributed by atoms with Crippen LogP contribution in [0.1, 0.15) is 18.1 Å². The molecule has 174 valence electrons. The van der Waals surface area contributed by atoms with Gasteiger partial charge in [-0.25, -0.2) is 9.82 Å². The summed E-state index contributed by atoms with van der Waals surface area (Å²) in [6, 6.07) is 19.7. The Bertz CT molecular complexity index is 1200. The highest BCUT2D eigenvalue weighted by atomic mass is 19.1. The average Bonchev–Trinajstić information content (AvgIpc) is 2.85. The maximum Gasteiger partial charge on any atom is 0.329 e. The van der Waals surface area contributed by atoms with Gasteiger partial charge in [0.15, 0.2) is 6.61 Å². The normalized spacial score (nSPS) is 10.5. The Kier molecular flexibility index (Phi) is 8.45. The molecule has 0 aliphatic heterocycles. The number of hydrazone groups is 1. The van der Waals surface area contributed by atoms with Gasteiger partial charge in [0.05, 0.1) is 11.9 Å². The molecule has 0 saturated heterocycles. The Balaban J connectivity index is 1.45. The molecule has 9 heteroatoms. The Morgan fingerprint density at radius 2 is 1.56 bits per heavy atom. The monoisotopic (exact) mass is 462 g/mol. The molecule has 0 saturated carbocycles. The molecule has 0 fully saturated rings. The van der Waals surface area contributed by atoms with E-state index in [1.807, 2.05) is 31.2 Å². The fraction of sp³-hybridized carbons (Fsp3) is 0.120. The molecular formula is C25H23FN4O4. The van der Waals surface area contributed by atoms with Crippen LogP contribution in [0.15, 0.2) is 77.9 Å². The summed E-state index contributed by atoms with van der Waals surface area (Å²) in [6.07, 6.45) is 2.13. The van der Waals surface area contributed by atoms with E-state index in [1.54, 1.807) is 24.3 Å². The van der Waals surface area contributed by atoms with Gasteiger partial charge < -0.3 is 15.4 Å². The first-order valence-electron chi connectivity index (χ1n) is 10.5. The molecule has 3 aromatic carbocycles. The third-order valence-electron chi connectivity index (χ3n) is 4.63. The van der Waals surface area contributed by atoms with E-state index in [0.29, 0.717) is 11.3 Å². The van der Waals surface area contributed by atoms with E-state index in [9.17, 15) is 18.8 Å². The minimum absolute atomic E-state index is 0.106. The van der Waals surface area contributed by atoms with E-state index < -0.39 is 17.6 Å². The molecule has 3 aromatic rings. The number of hydrogen-bond acceptors (Lipinski definition) is 5. The molecule has 3 N–H and O–H groups in total. The molecule has 3 rings (SSSR count). The van der Waals surface area contributed by atoms with Gasteiger partial charge in [-0.3, -0.25) is 14.4 Å². The highest BCUT2D eigenvalue weighted by molar-refractivity contribution is 6.39. The number of nitrogens with one attached hydrogen (secondary N) is 3. The van der Waals surface area contributed by atoms with Crippen LogP contribution < -0.4 is 20.8 Å². The van der Waals surface area contributed by atoms with Gasteiger partial charge >= 0.3 is 11.8 Å². The van der Waals surface area contributed by atoms with Gasteiger partial charge in [-0.05, 0) is 60.0 Å². The summed E-state index contributed by atoms with van der Waals surface area (Å²) < 4.78 is 19.0. The van der Waals surface area contributed by atoms with Crippen LogP contribution >= 0.6 is 0 Å². The fourth-order valence-corrected chi connectivity index (χ4v) is 2.89. The highest BCUT2D eigenvalue weighted by Crippen LogP contribution is 2.16. The van der Waals surface area contributed by atoms with Crippen LogP contribution in [0, 0.1) is 5.82 Å². The van der Waals surface area contributed by atoms with E-state index in [4.69, 9.17) is 4.74 Å². The van der Waals surface area contributed by atoms with Crippen LogP contribution in [0.3, 0.4) is 0 Å². The summed E-state index contributed by atoms with van der Waals surface area (Å²) in [4.78, 5) is 35.8. The molecule has 0 spiro atoms. The molecule has 34 heavy (non-hydrogen) atoms.